The SMILES string of the molecule is COc1ccc(C(=O)/C=C/c2cccc(OC(=O)c3ccc4c(c3)OCO4)c2)c(OC)c1. The Morgan fingerprint density at radius 3 is 2.53 bits per heavy atom. The molecule has 1 heterocycles. The first-order chi connectivity index (χ1) is 15.6. The van der Waals surface area contributed by atoms with Gasteiger partial charge in [0.2, 0.25) is 6.79 Å². The van der Waals surface area contributed by atoms with Gasteiger partial charge in [0.25, 0.3) is 0 Å². The number of hydrogen-bond acceptors (Lipinski definition) is 7. The van der Waals surface area contributed by atoms with Gasteiger partial charge in [0, 0.05) is 6.07 Å². The van der Waals surface area contributed by atoms with Crippen LogP contribution in [0.5, 0.6) is 28.7 Å². The number of ether oxygens (including phenoxy) is 5. The fraction of sp³-hybridized carbons (Fsp3) is 0.120. The lowest BCUT2D eigenvalue weighted by molar-refractivity contribution is 0.0734. The normalized spacial score (nSPS) is 11.9. The van der Waals surface area contributed by atoms with Gasteiger partial charge in [0.05, 0.1) is 25.3 Å². The molecule has 32 heavy (non-hydrogen) atoms. The van der Waals surface area contributed by atoms with Gasteiger partial charge in [-0.05, 0) is 54.1 Å². The van der Waals surface area contributed by atoms with Crippen molar-refractivity contribution in [2.24, 2.45) is 0 Å². The van der Waals surface area contributed by atoms with Crippen molar-refractivity contribution in [1.82, 2.24) is 0 Å². The fourth-order valence-electron chi connectivity index (χ4n) is 3.13. The third kappa shape index (κ3) is 4.57. The van der Waals surface area contributed by atoms with Gasteiger partial charge in [-0.25, -0.2) is 4.79 Å². The molecule has 0 amide bonds. The zero-order chi connectivity index (χ0) is 22.5. The maximum absolute atomic E-state index is 12.6. The maximum atomic E-state index is 12.6. The molecule has 0 radical (unpaired) electrons. The molecule has 0 aromatic heterocycles. The summed E-state index contributed by atoms with van der Waals surface area (Å²) in [7, 11) is 3.04. The molecular formula is C25H20O7. The Morgan fingerprint density at radius 1 is 0.875 bits per heavy atom. The smallest absolute Gasteiger partial charge is 0.343 e. The largest absolute Gasteiger partial charge is 0.497 e. The molecule has 0 saturated carbocycles. The summed E-state index contributed by atoms with van der Waals surface area (Å²) in [4.78, 5) is 25.1. The molecule has 3 aromatic rings. The Hall–Kier alpha value is -4.26. The summed E-state index contributed by atoms with van der Waals surface area (Å²) in [6.07, 6.45) is 3.08. The van der Waals surface area contributed by atoms with Crippen molar-refractivity contribution in [2.45, 2.75) is 0 Å². The number of esters is 1. The van der Waals surface area contributed by atoms with E-state index in [4.69, 9.17) is 23.7 Å². The van der Waals surface area contributed by atoms with Crippen LogP contribution in [0.25, 0.3) is 6.08 Å². The van der Waals surface area contributed by atoms with Gasteiger partial charge in [-0.15, -0.1) is 0 Å². The zero-order valence-electron chi connectivity index (χ0n) is 17.5. The number of ketones is 1. The second kappa shape index (κ2) is 9.26. The van der Waals surface area contributed by atoms with Crippen LogP contribution in [0.1, 0.15) is 26.3 Å². The summed E-state index contributed by atoms with van der Waals surface area (Å²) < 4.78 is 26.4. The predicted octanol–water partition coefficient (Wildman–Crippen LogP) is 4.55. The van der Waals surface area contributed by atoms with Crippen LogP contribution in [0.15, 0.2) is 66.7 Å². The summed E-state index contributed by atoms with van der Waals surface area (Å²) in [6.45, 7) is 0.128. The molecule has 1 aliphatic heterocycles. The van der Waals surface area contributed by atoms with Crippen molar-refractivity contribution in [1.29, 1.82) is 0 Å². The molecule has 0 spiro atoms. The summed E-state index contributed by atoms with van der Waals surface area (Å²) >= 11 is 0. The number of rotatable bonds is 7. The molecule has 0 aliphatic carbocycles. The lowest BCUT2D eigenvalue weighted by Gasteiger charge is -2.08. The predicted molar refractivity (Wildman–Crippen MR) is 117 cm³/mol. The molecule has 0 fully saturated rings. The van der Waals surface area contributed by atoms with Crippen LogP contribution in [0, 0.1) is 0 Å². The molecule has 0 N–H and O–H groups in total. The Labute approximate surface area is 184 Å². The monoisotopic (exact) mass is 432 g/mol. The van der Waals surface area contributed by atoms with Crippen molar-refractivity contribution >= 4 is 17.8 Å². The van der Waals surface area contributed by atoms with E-state index in [0.717, 1.165) is 0 Å². The molecule has 7 heteroatoms. The lowest BCUT2D eigenvalue weighted by Crippen LogP contribution is -2.08. The van der Waals surface area contributed by atoms with Crippen LogP contribution in [0.2, 0.25) is 0 Å². The number of carbonyl (C=O) groups excluding carboxylic acids is 2. The van der Waals surface area contributed by atoms with Gasteiger partial charge < -0.3 is 23.7 Å². The number of allylic oxidation sites excluding steroid dienone is 1. The summed E-state index contributed by atoms with van der Waals surface area (Å²) in [5.74, 6) is 1.71. The minimum Gasteiger partial charge on any atom is -0.497 e. The molecule has 1 aliphatic rings. The van der Waals surface area contributed by atoms with Crippen LogP contribution in [-0.2, 0) is 0 Å². The highest BCUT2D eigenvalue weighted by Crippen LogP contribution is 2.33. The van der Waals surface area contributed by atoms with Gasteiger partial charge in [0.15, 0.2) is 17.3 Å². The highest BCUT2D eigenvalue weighted by Gasteiger charge is 2.17. The molecule has 0 bridgehead atoms. The van der Waals surface area contributed by atoms with E-state index in [2.05, 4.69) is 0 Å². The van der Waals surface area contributed by atoms with E-state index in [-0.39, 0.29) is 12.6 Å². The highest BCUT2D eigenvalue weighted by atomic mass is 16.7. The third-order valence-electron chi connectivity index (χ3n) is 4.78. The van der Waals surface area contributed by atoms with E-state index in [0.29, 0.717) is 45.4 Å². The van der Waals surface area contributed by atoms with E-state index >= 15 is 0 Å². The molecule has 7 nitrogen and oxygen atoms in total. The van der Waals surface area contributed by atoms with Crippen LogP contribution in [0.4, 0.5) is 0 Å². The van der Waals surface area contributed by atoms with Crippen molar-refractivity contribution in [3.63, 3.8) is 0 Å². The van der Waals surface area contributed by atoms with E-state index in [1.54, 1.807) is 73.8 Å². The first kappa shape index (κ1) is 21.0. The summed E-state index contributed by atoms with van der Waals surface area (Å²) in [5, 5.41) is 0. The highest BCUT2D eigenvalue weighted by molar-refractivity contribution is 6.08. The van der Waals surface area contributed by atoms with Crippen molar-refractivity contribution in [2.75, 3.05) is 21.0 Å². The van der Waals surface area contributed by atoms with Gasteiger partial charge >= 0.3 is 5.97 Å². The molecule has 162 valence electrons. The number of fused-ring (bicyclic) bond motifs is 1. The molecular weight excluding hydrogens is 412 g/mol. The van der Waals surface area contributed by atoms with Crippen molar-refractivity contribution < 1.29 is 33.3 Å². The fourth-order valence-corrected chi connectivity index (χ4v) is 3.13. The second-order valence-corrected chi connectivity index (χ2v) is 6.79. The number of carbonyl (C=O) groups is 2. The number of methoxy groups -OCH3 is 2. The molecule has 0 atom stereocenters. The lowest BCUT2D eigenvalue weighted by atomic mass is 10.1. The third-order valence-corrected chi connectivity index (χ3v) is 4.78. The van der Waals surface area contributed by atoms with Gasteiger partial charge in [-0.3, -0.25) is 4.79 Å². The maximum Gasteiger partial charge on any atom is 0.343 e. The minimum absolute atomic E-state index is 0.128. The van der Waals surface area contributed by atoms with Crippen LogP contribution in [-0.4, -0.2) is 32.8 Å². The zero-order valence-corrected chi connectivity index (χ0v) is 17.5. The van der Waals surface area contributed by atoms with Crippen LogP contribution >= 0.6 is 0 Å². The molecule has 3 aromatic carbocycles. The van der Waals surface area contributed by atoms with Crippen molar-refractivity contribution in [3.05, 3.63) is 83.4 Å². The Bertz CT molecular complexity index is 1200. The average molecular weight is 432 g/mol. The molecule has 0 unspecified atom stereocenters. The minimum atomic E-state index is -0.525. The number of benzene rings is 3. The van der Waals surface area contributed by atoms with Crippen LogP contribution in [0.3, 0.4) is 0 Å². The Morgan fingerprint density at radius 2 is 1.72 bits per heavy atom. The first-order valence-electron chi connectivity index (χ1n) is 9.73. The molecule has 0 saturated heterocycles. The quantitative estimate of drug-likeness (QED) is 0.235. The van der Waals surface area contributed by atoms with E-state index in [1.807, 2.05) is 0 Å². The average Bonchev–Trinajstić information content (AvgIpc) is 3.30. The van der Waals surface area contributed by atoms with E-state index < -0.39 is 5.97 Å². The first-order valence-corrected chi connectivity index (χ1v) is 9.73. The van der Waals surface area contributed by atoms with Crippen LogP contribution < -0.4 is 23.7 Å². The van der Waals surface area contributed by atoms with Gasteiger partial charge in [-0.1, -0.05) is 18.2 Å². The van der Waals surface area contributed by atoms with Gasteiger partial charge in [0.1, 0.15) is 17.2 Å². The van der Waals surface area contributed by atoms with Gasteiger partial charge in [-0.2, -0.15) is 0 Å². The van der Waals surface area contributed by atoms with Crippen molar-refractivity contribution in [3.8, 4) is 28.7 Å². The summed E-state index contributed by atoms with van der Waals surface area (Å²) in [5.41, 5.74) is 1.45. The molecule has 4 rings (SSSR count). The Balaban J connectivity index is 1.46. The standard InChI is InChI=1S/C25H20O7/c1-28-18-8-9-20(23(14-18)29-2)21(26)10-6-16-4-3-5-19(12-16)32-25(27)17-7-11-22-24(13-17)31-15-30-22/h3-14H,15H2,1-2H3/b10-6+. The van der Waals surface area contributed by atoms with E-state index in [1.165, 1.54) is 13.2 Å². The number of hydrogen-bond donors (Lipinski definition) is 0. The van der Waals surface area contributed by atoms with E-state index in [9.17, 15) is 9.59 Å². The Kier molecular flexibility index (Phi) is 6.07. The second-order valence-electron chi connectivity index (χ2n) is 6.79. The summed E-state index contributed by atoms with van der Waals surface area (Å²) in [6, 6.07) is 16.7. The topological polar surface area (TPSA) is 80.3 Å².